The number of halogens is 1. The monoisotopic (exact) mass is 454 g/mol. The van der Waals surface area contributed by atoms with E-state index in [1.807, 2.05) is 28.8 Å². The highest BCUT2D eigenvalue weighted by Crippen LogP contribution is 2.31. The molecule has 0 radical (unpaired) electrons. The fourth-order valence-electron chi connectivity index (χ4n) is 3.61. The fraction of sp³-hybridized carbons (Fsp3) is 0.261. The smallest absolute Gasteiger partial charge is 0.284 e. The fourth-order valence-corrected chi connectivity index (χ4v) is 3.99. The van der Waals surface area contributed by atoms with Crippen LogP contribution >= 0.6 is 23.8 Å². The van der Waals surface area contributed by atoms with Crippen LogP contribution in [0.3, 0.4) is 0 Å². The molecule has 31 heavy (non-hydrogen) atoms. The number of aryl methyl sites for hydroxylation is 1. The van der Waals surface area contributed by atoms with Crippen molar-refractivity contribution in [2.45, 2.75) is 39.3 Å². The molecule has 0 aliphatic carbocycles. The van der Waals surface area contributed by atoms with E-state index in [9.17, 15) is 5.11 Å². The Morgan fingerprint density at radius 2 is 1.87 bits per heavy atom. The Bertz CT molecular complexity index is 1230. The van der Waals surface area contributed by atoms with E-state index in [-0.39, 0.29) is 11.4 Å². The molecule has 8 heteroatoms. The Kier molecular flexibility index (Phi) is 6.65. The zero-order valence-corrected chi connectivity index (χ0v) is 18.7. The van der Waals surface area contributed by atoms with E-state index in [2.05, 4.69) is 46.4 Å². The van der Waals surface area contributed by atoms with Gasteiger partial charge in [-0.25, -0.2) is 10.1 Å². The summed E-state index contributed by atoms with van der Waals surface area (Å²) >= 11 is 11.3. The van der Waals surface area contributed by atoms with Crippen LogP contribution in [0.2, 0.25) is 5.15 Å². The number of nitrogens with one attached hydrogen (secondary N) is 1. The lowest BCUT2D eigenvalue weighted by atomic mass is 9.98. The molecule has 4 rings (SSSR count). The van der Waals surface area contributed by atoms with Gasteiger partial charge in [-0.3, -0.25) is 0 Å². The summed E-state index contributed by atoms with van der Waals surface area (Å²) in [6, 6.07) is 16.2. The predicted molar refractivity (Wildman–Crippen MR) is 123 cm³/mol. The topological polar surface area (TPSA) is 79.9 Å². The first-order valence-corrected chi connectivity index (χ1v) is 11.0. The van der Waals surface area contributed by atoms with Gasteiger partial charge < -0.3 is 14.1 Å². The van der Waals surface area contributed by atoms with E-state index in [0.29, 0.717) is 23.3 Å². The molecule has 0 saturated heterocycles. The van der Waals surface area contributed by atoms with Gasteiger partial charge in [-0.2, -0.15) is 0 Å². The molecule has 0 amide bonds. The Labute approximate surface area is 190 Å². The van der Waals surface area contributed by atoms with Gasteiger partial charge in [0, 0.05) is 18.5 Å². The molecular weight excluding hydrogens is 432 g/mol. The third-order valence-electron chi connectivity index (χ3n) is 5.21. The summed E-state index contributed by atoms with van der Waals surface area (Å²) in [5.41, 5.74) is 4.67. The molecule has 2 heterocycles. The summed E-state index contributed by atoms with van der Waals surface area (Å²) < 4.78 is 7.53. The number of aliphatic hydroxyl groups excluding tert-OH is 1. The van der Waals surface area contributed by atoms with Crippen molar-refractivity contribution in [1.29, 1.82) is 0 Å². The lowest BCUT2D eigenvalue weighted by molar-refractivity contribution is 0.271. The highest BCUT2D eigenvalue weighted by Gasteiger charge is 2.16. The Balaban J connectivity index is 1.63. The molecule has 2 aromatic carbocycles. The molecule has 0 spiro atoms. The second kappa shape index (κ2) is 9.60. The molecule has 0 atom stereocenters. The molecular formula is C23H23ClN4O2S. The molecule has 0 saturated carbocycles. The predicted octanol–water partition coefficient (Wildman–Crippen LogP) is 5.80. The maximum atomic E-state index is 9.78. The Morgan fingerprint density at radius 1 is 1.13 bits per heavy atom. The maximum Gasteiger partial charge on any atom is 0.284 e. The summed E-state index contributed by atoms with van der Waals surface area (Å²) in [4.78, 5) is 4.71. The number of unbranched alkanes of at least 4 members (excludes halogenated alkanes) is 1. The number of hydrogen-bond donors (Lipinski definition) is 2. The van der Waals surface area contributed by atoms with E-state index in [1.54, 1.807) is 0 Å². The van der Waals surface area contributed by atoms with Gasteiger partial charge in [-0.05, 0) is 41.4 Å². The largest absolute Gasteiger partial charge is 0.409 e. The minimum absolute atomic E-state index is 0.137. The van der Waals surface area contributed by atoms with Crippen LogP contribution in [0.15, 0.2) is 52.9 Å². The minimum atomic E-state index is -0.137. The average Bonchev–Trinajstić information content (AvgIpc) is 3.35. The van der Waals surface area contributed by atoms with Crippen LogP contribution in [-0.2, 0) is 19.6 Å². The molecule has 160 valence electrons. The summed E-state index contributed by atoms with van der Waals surface area (Å²) in [7, 11) is 0. The Morgan fingerprint density at radius 3 is 2.52 bits per heavy atom. The second-order valence-corrected chi connectivity index (χ2v) is 8.00. The number of hydrogen-bond acceptors (Lipinski definition) is 5. The lowest BCUT2D eigenvalue weighted by Crippen LogP contribution is -2.09. The van der Waals surface area contributed by atoms with Crippen molar-refractivity contribution >= 4 is 23.8 Å². The van der Waals surface area contributed by atoms with Crippen molar-refractivity contribution in [3.8, 4) is 22.6 Å². The number of rotatable bonds is 8. The molecule has 2 N–H and O–H groups in total. The zero-order valence-electron chi connectivity index (χ0n) is 17.1. The second-order valence-electron chi connectivity index (χ2n) is 7.27. The molecule has 4 aromatic rings. The number of aromatic amines is 1. The normalized spacial score (nSPS) is 11.2. The molecule has 2 aromatic heterocycles. The standard InChI is InChI=1S/C23H23ClN4O2S/c1-2-3-8-20-25-21(24)19(14-29)28(20)13-15-9-11-16(12-10-15)17-6-4-5-7-18(17)22-26-27-23(31)30-22/h4-7,9-12,29H,2-3,8,13-14H2,1H3,(H,27,31). The molecule has 0 fully saturated rings. The number of nitrogens with zero attached hydrogens (tertiary/aromatic N) is 3. The van der Waals surface area contributed by atoms with Crippen molar-refractivity contribution in [3.63, 3.8) is 0 Å². The summed E-state index contributed by atoms with van der Waals surface area (Å²) in [6.45, 7) is 2.61. The van der Waals surface area contributed by atoms with E-state index in [1.165, 1.54) is 0 Å². The van der Waals surface area contributed by atoms with Crippen molar-refractivity contribution in [1.82, 2.24) is 19.7 Å². The van der Waals surface area contributed by atoms with Crippen LogP contribution in [-0.4, -0.2) is 24.9 Å². The van der Waals surface area contributed by atoms with Gasteiger partial charge in [-0.15, -0.1) is 5.10 Å². The summed E-state index contributed by atoms with van der Waals surface area (Å²) in [5, 5.41) is 17.0. The SMILES string of the molecule is CCCCc1nc(Cl)c(CO)n1Cc1ccc(-c2ccccc2-c2n[nH]c(=S)o2)cc1. The third kappa shape index (κ3) is 4.63. The quantitative estimate of drug-likeness (QED) is 0.329. The number of aliphatic hydroxyl groups is 1. The molecule has 6 nitrogen and oxygen atoms in total. The van der Waals surface area contributed by atoms with Gasteiger partial charge in [0.2, 0.25) is 5.89 Å². The van der Waals surface area contributed by atoms with E-state index in [0.717, 1.165) is 47.3 Å². The van der Waals surface area contributed by atoms with Crippen molar-refractivity contribution in [2.24, 2.45) is 0 Å². The molecule has 0 aliphatic heterocycles. The average molecular weight is 455 g/mol. The van der Waals surface area contributed by atoms with Gasteiger partial charge in [0.25, 0.3) is 4.84 Å². The van der Waals surface area contributed by atoms with E-state index in [4.69, 9.17) is 28.2 Å². The third-order valence-corrected chi connectivity index (χ3v) is 5.68. The van der Waals surface area contributed by atoms with Crippen LogP contribution in [0.1, 0.15) is 36.8 Å². The number of benzene rings is 2. The van der Waals surface area contributed by atoms with Gasteiger partial charge in [0.05, 0.1) is 12.3 Å². The van der Waals surface area contributed by atoms with Crippen LogP contribution in [0.25, 0.3) is 22.6 Å². The first-order valence-electron chi connectivity index (χ1n) is 10.2. The van der Waals surface area contributed by atoms with Crippen LogP contribution in [0, 0.1) is 4.84 Å². The number of H-pyrrole nitrogens is 1. The Hall–Kier alpha value is -2.74. The maximum absolute atomic E-state index is 9.78. The van der Waals surface area contributed by atoms with Crippen LogP contribution in [0.5, 0.6) is 0 Å². The first kappa shape index (κ1) is 21.5. The van der Waals surface area contributed by atoms with Crippen LogP contribution < -0.4 is 0 Å². The summed E-state index contributed by atoms with van der Waals surface area (Å²) in [5.74, 6) is 1.37. The van der Waals surface area contributed by atoms with E-state index >= 15 is 0 Å². The number of imidazole rings is 1. The van der Waals surface area contributed by atoms with Gasteiger partial charge >= 0.3 is 0 Å². The van der Waals surface area contributed by atoms with Crippen LogP contribution in [0.4, 0.5) is 0 Å². The molecule has 0 bridgehead atoms. The summed E-state index contributed by atoms with van der Waals surface area (Å²) in [6.07, 6.45) is 2.93. The minimum Gasteiger partial charge on any atom is -0.409 e. The van der Waals surface area contributed by atoms with Crippen molar-refractivity contribution < 1.29 is 9.52 Å². The highest BCUT2D eigenvalue weighted by molar-refractivity contribution is 7.71. The van der Waals surface area contributed by atoms with Crippen molar-refractivity contribution in [2.75, 3.05) is 0 Å². The van der Waals surface area contributed by atoms with Crippen molar-refractivity contribution in [3.05, 3.63) is 75.6 Å². The lowest BCUT2D eigenvalue weighted by Gasteiger charge is -2.12. The molecule has 0 aliphatic rings. The zero-order chi connectivity index (χ0) is 21.8. The molecule has 0 unspecified atom stereocenters. The number of aromatic nitrogens is 4. The van der Waals surface area contributed by atoms with E-state index < -0.39 is 0 Å². The first-order chi connectivity index (χ1) is 15.1. The van der Waals surface area contributed by atoms with Gasteiger partial charge in [0.15, 0.2) is 5.15 Å². The van der Waals surface area contributed by atoms with Gasteiger partial charge in [0.1, 0.15) is 5.82 Å². The highest BCUT2D eigenvalue weighted by atomic mass is 35.5. The van der Waals surface area contributed by atoms with Gasteiger partial charge in [-0.1, -0.05) is 67.4 Å².